The molecule has 0 bridgehead atoms. The molecule has 0 aliphatic carbocycles. The van der Waals surface area contributed by atoms with Crippen LogP contribution in [0.4, 0.5) is 0 Å². The number of rotatable bonds is 5. The van der Waals surface area contributed by atoms with Gasteiger partial charge >= 0.3 is 0 Å². The molecule has 0 atom stereocenters. The highest BCUT2D eigenvalue weighted by Crippen LogP contribution is 2.17. The normalized spacial score (nSPS) is 19.1. The average molecular weight is 221 g/mol. The van der Waals surface area contributed by atoms with E-state index in [9.17, 15) is 0 Å². The third-order valence-electron chi connectivity index (χ3n) is 3.49. The van der Waals surface area contributed by atoms with E-state index in [4.69, 9.17) is 0 Å². The molecule has 1 rings (SSSR count). The number of unbranched alkanes of at least 4 members (excludes halogenated alkanes) is 2. The summed E-state index contributed by atoms with van der Waals surface area (Å²) in [5.41, 5.74) is 2.92. The summed E-state index contributed by atoms with van der Waals surface area (Å²) in [6.45, 7) is 9.27. The van der Waals surface area contributed by atoms with Crippen LogP contribution in [0, 0.1) is 0 Å². The van der Waals surface area contributed by atoms with Gasteiger partial charge in [0, 0.05) is 18.8 Å². The van der Waals surface area contributed by atoms with Crippen LogP contribution in [0.25, 0.3) is 0 Å². The standard InChI is InChI=1S/C15H27N/c1-4-5-6-8-11-14(2)15(3)16-12-9-7-10-13-16/h8,11H,4-7,9-10,12-13H2,1-3H3. The van der Waals surface area contributed by atoms with E-state index in [0.717, 1.165) is 0 Å². The van der Waals surface area contributed by atoms with Gasteiger partial charge in [-0.2, -0.15) is 0 Å². The predicted molar refractivity (Wildman–Crippen MR) is 72.5 cm³/mol. The van der Waals surface area contributed by atoms with E-state index < -0.39 is 0 Å². The fourth-order valence-corrected chi connectivity index (χ4v) is 2.18. The van der Waals surface area contributed by atoms with Crippen molar-refractivity contribution in [3.05, 3.63) is 23.4 Å². The zero-order valence-electron chi connectivity index (χ0n) is 11.3. The van der Waals surface area contributed by atoms with Crippen molar-refractivity contribution in [2.45, 2.75) is 59.3 Å². The van der Waals surface area contributed by atoms with Crippen molar-refractivity contribution in [1.82, 2.24) is 4.90 Å². The molecule has 1 saturated heterocycles. The van der Waals surface area contributed by atoms with E-state index in [1.165, 1.54) is 62.9 Å². The highest BCUT2D eigenvalue weighted by Gasteiger charge is 2.10. The molecule has 16 heavy (non-hydrogen) atoms. The van der Waals surface area contributed by atoms with E-state index >= 15 is 0 Å². The minimum Gasteiger partial charge on any atom is -0.375 e. The lowest BCUT2D eigenvalue weighted by Crippen LogP contribution is -2.28. The van der Waals surface area contributed by atoms with Crippen molar-refractivity contribution in [2.75, 3.05) is 13.1 Å². The molecule has 1 nitrogen and oxygen atoms in total. The summed E-state index contributed by atoms with van der Waals surface area (Å²) >= 11 is 0. The average Bonchev–Trinajstić information content (AvgIpc) is 2.34. The van der Waals surface area contributed by atoms with Gasteiger partial charge in [-0.3, -0.25) is 0 Å². The van der Waals surface area contributed by atoms with Crippen LogP contribution in [0.2, 0.25) is 0 Å². The van der Waals surface area contributed by atoms with E-state index in [1.54, 1.807) is 0 Å². The number of allylic oxidation sites excluding steroid dienone is 4. The van der Waals surface area contributed by atoms with Crippen LogP contribution in [-0.2, 0) is 0 Å². The summed E-state index contributed by atoms with van der Waals surface area (Å²) in [5, 5.41) is 0. The van der Waals surface area contributed by atoms with Gasteiger partial charge in [0.2, 0.25) is 0 Å². The lowest BCUT2D eigenvalue weighted by molar-refractivity contribution is 0.284. The van der Waals surface area contributed by atoms with Gasteiger partial charge in [-0.25, -0.2) is 0 Å². The largest absolute Gasteiger partial charge is 0.375 e. The van der Waals surface area contributed by atoms with Gasteiger partial charge in [0.15, 0.2) is 0 Å². The zero-order chi connectivity index (χ0) is 11.8. The first-order valence-corrected chi connectivity index (χ1v) is 6.84. The van der Waals surface area contributed by atoms with Crippen molar-refractivity contribution >= 4 is 0 Å². The Kier molecular flexibility index (Phi) is 6.29. The quantitative estimate of drug-likeness (QED) is 0.487. The van der Waals surface area contributed by atoms with E-state index in [0.29, 0.717) is 0 Å². The van der Waals surface area contributed by atoms with Gasteiger partial charge in [0.05, 0.1) is 0 Å². The number of nitrogens with zero attached hydrogens (tertiary/aromatic N) is 1. The highest BCUT2D eigenvalue weighted by atomic mass is 15.1. The van der Waals surface area contributed by atoms with Gasteiger partial charge in [-0.15, -0.1) is 0 Å². The molecule has 1 fully saturated rings. The lowest BCUT2D eigenvalue weighted by atomic mass is 10.1. The molecule has 1 aliphatic rings. The minimum atomic E-state index is 1.22. The Morgan fingerprint density at radius 1 is 1.12 bits per heavy atom. The molecule has 0 spiro atoms. The van der Waals surface area contributed by atoms with E-state index in [-0.39, 0.29) is 0 Å². The third-order valence-corrected chi connectivity index (χ3v) is 3.49. The molecular weight excluding hydrogens is 194 g/mol. The number of hydrogen-bond donors (Lipinski definition) is 0. The molecule has 0 unspecified atom stereocenters. The smallest absolute Gasteiger partial charge is 0.0175 e. The molecule has 1 heteroatoms. The van der Waals surface area contributed by atoms with Crippen molar-refractivity contribution in [3.63, 3.8) is 0 Å². The van der Waals surface area contributed by atoms with E-state index in [1.807, 2.05) is 0 Å². The summed E-state index contributed by atoms with van der Waals surface area (Å²) in [6.07, 6.45) is 12.6. The van der Waals surface area contributed by atoms with Crippen LogP contribution in [-0.4, -0.2) is 18.0 Å². The first kappa shape index (κ1) is 13.3. The molecule has 1 heterocycles. The maximum absolute atomic E-state index is 2.54. The third kappa shape index (κ3) is 4.42. The summed E-state index contributed by atoms with van der Waals surface area (Å²) < 4.78 is 0. The Morgan fingerprint density at radius 3 is 2.44 bits per heavy atom. The van der Waals surface area contributed by atoms with Crippen molar-refractivity contribution in [1.29, 1.82) is 0 Å². The summed E-state index contributed by atoms with van der Waals surface area (Å²) in [4.78, 5) is 2.54. The van der Waals surface area contributed by atoms with Gasteiger partial charge < -0.3 is 4.90 Å². The summed E-state index contributed by atoms with van der Waals surface area (Å²) in [6, 6.07) is 0. The first-order chi connectivity index (χ1) is 7.75. The van der Waals surface area contributed by atoms with Gasteiger partial charge in [0.1, 0.15) is 0 Å². The fraction of sp³-hybridized carbons (Fsp3) is 0.733. The Bertz CT molecular complexity index is 244. The van der Waals surface area contributed by atoms with Gasteiger partial charge in [0.25, 0.3) is 0 Å². The van der Waals surface area contributed by atoms with Crippen LogP contribution < -0.4 is 0 Å². The molecular formula is C15H27N. The van der Waals surface area contributed by atoms with Crippen molar-refractivity contribution in [3.8, 4) is 0 Å². The Labute approximate surface area is 101 Å². The Balaban J connectivity index is 2.46. The van der Waals surface area contributed by atoms with Crippen LogP contribution in [0.15, 0.2) is 23.4 Å². The fourth-order valence-electron chi connectivity index (χ4n) is 2.18. The zero-order valence-corrected chi connectivity index (χ0v) is 11.3. The SMILES string of the molecule is CCCCC=CC(C)=C(C)N1CCCCC1. The minimum absolute atomic E-state index is 1.22. The highest BCUT2D eigenvalue weighted by molar-refractivity contribution is 5.21. The lowest BCUT2D eigenvalue weighted by Gasteiger charge is -2.30. The molecule has 0 radical (unpaired) electrons. The van der Waals surface area contributed by atoms with Crippen LogP contribution >= 0.6 is 0 Å². The van der Waals surface area contributed by atoms with E-state index in [2.05, 4.69) is 37.8 Å². The molecule has 92 valence electrons. The monoisotopic (exact) mass is 221 g/mol. The maximum atomic E-state index is 2.54. The maximum Gasteiger partial charge on any atom is 0.0175 e. The van der Waals surface area contributed by atoms with Gasteiger partial charge in [-0.05, 0) is 45.1 Å². The van der Waals surface area contributed by atoms with Crippen molar-refractivity contribution in [2.24, 2.45) is 0 Å². The number of hydrogen-bond acceptors (Lipinski definition) is 1. The van der Waals surface area contributed by atoms with Crippen LogP contribution in [0.5, 0.6) is 0 Å². The summed E-state index contributed by atoms with van der Waals surface area (Å²) in [5.74, 6) is 0. The molecule has 0 saturated carbocycles. The second-order valence-electron chi connectivity index (χ2n) is 4.86. The van der Waals surface area contributed by atoms with Crippen LogP contribution in [0.1, 0.15) is 59.3 Å². The molecule has 0 N–H and O–H groups in total. The molecule has 0 aromatic rings. The Hall–Kier alpha value is -0.720. The second-order valence-corrected chi connectivity index (χ2v) is 4.86. The Morgan fingerprint density at radius 2 is 1.81 bits per heavy atom. The molecule has 1 aliphatic heterocycles. The van der Waals surface area contributed by atoms with Crippen molar-refractivity contribution < 1.29 is 0 Å². The number of piperidine rings is 1. The summed E-state index contributed by atoms with van der Waals surface area (Å²) in [7, 11) is 0. The topological polar surface area (TPSA) is 3.24 Å². The second kappa shape index (κ2) is 7.54. The number of likely N-dealkylation sites (tertiary alicyclic amines) is 1. The predicted octanol–water partition coefficient (Wildman–Crippen LogP) is 4.51. The molecule has 0 aromatic heterocycles. The first-order valence-electron chi connectivity index (χ1n) is 6.84. The van der Waals surface area contributed by atoms with Crippen LogP contribution in [0.3, 0.4) is 0 Å². The molecule has 0 amide bonds. The van der Waals surface area contributed by atoms with Gasteiger partial charge in [-0.1, -0.05) is 31.9 Å². The molecule has 0 aromatic carbocycles.